The molecule has 1 saturated heterocycles. The molecule has 0 saturated carbocycles. The zero-order chi connectivity index (χ0) is 23.3. The number of benzene rings is 2. The van der Waals surface area contributed by atoms with Crippen molar-refractivity contribution in [3.05, 3.63) is 90.0 Å². The van der Waals surface area contributed by atoms with Gasteiger partial charge in [0.2, 0.25) is 0 Å². The Morgan fingerprint density at radius 2 is 1.97 bits per heavy atom. The number of hydrogen-bond acceptors (Lipinski definition) is 6. The number of thioether (sulfide) groups is 1. The van der Waals surface area contributed by atoms with Gasteiger partial charge in [-0.2, -0.15) is 5.10 Å². The molecule has 1 fully saturated rings. The summed E-state index contributed by atoms with van der Waals surface area (Å²) in [5.41, 5.74) is -0.615. The van der Waals surface area contributed by atoms with Crippen molar-refractivity contribution in [2.24, 2.45) is 0 Å². The van der Waals surface area contributed by atoms with E-state index in [0.29, 0.717) is 13.2 Å². The summed E-state index contributed by atoms with van der Waals surface area (Å²) in [6, 6.07) is 13.0. The maximum Gasteiger partial charge on any atom is 0.177 e. The van der Waals surface area contributed by atoms with Gasteiger partial charge < -0.3 is 14.6 Å². The molecule has 0 bridgehead atoms. The van der Waals surface area contributed by atoms with E-state index in [1.54, 1.807) is 6.92 Å². The van der Waals surface area contributed by atoms with Crippen LogP contribution in [0.2, 0.25) is 0 Å². The Balaban J connectivity index is 1.43. The molecular formula is C24H25F2N3O3S. The van der Waals surface area contributed by atoms with Gasteiger partial charge in [-0.15, -0.1) is 11.8 Å². The quantitative estimate of drug-likeness (QED) is 0.533. The monoisotopic (exact) mass is 473 g/mol. The summed E-state index contributed by atoms with van der Waals surface area (Å²) in [7, 11) is 0. The topological polar surface area (TPSA) is 69.4 Å². The lowest BCUT2D eigenvalue weighted by atomic mass is 9.90. The smallest absolute Gasteiger partial charge is 0.177 e. The van der Waals surface area contributed by atoms with Gasteiger partial charge in [0, 0.05) is 16.9 Å². The number of rotatable bonds is 8. The zero-order valence-corrected chi connectivity index (χ0v) is 18.9. The lowest BCUT2D eigenvalue weighted by Gasteiger charge is -2.37. The average molecular weight is 474 g/mol. The van der Waals surface area contributed by atoms with Crippen LogP contribution in [-0.2, 0) is 21.6 Å². The second-order valence-electron chi connectivity index (χ2n) is 7.85. The minimum absolute atomic E-state index is 0.000664. The fraction of sp³-hybridized carbons (Fsp3) is 0.333. The first-order chi connectivity index (χ1) is 15.9. The number of aromatic nitrogens is 3. The molecule has 0 amide bonds. The molecule has 33 heavy (non-hydrogen) atoms. The van der Waals surface area contributed by atoms with Crippen molar-refractivity contribution >= 4 is 17.8 Å². The van der Waals surface area contributed by atoms with E-state index in [-0.39, 0.29) is 17.4 Å². The molecule has 9 heteroatoms. The largest absolute Gasteiger partial charge is 0.382 e. The Morgan fingerprint density at radius 3 is 2.64 bits per heavy atom. The van der Waals surface area contributed by atoms with Gasteiger partial charge in [0.1, 0.15) is 29.9 Å². The standard InChI is InChI=1S/C24H25F2N3O3S/c1-17(33-20-12-31-23(32-13-20)10-7-18-5-3-2-4-6-18)24(30,14-29-16-27-15-28-29)21-9-8-19(25)11-22(21)26/h2-11,15-17,20,23,30H,12-14H2,1H3/b10-7+/t17-,20?,23?,24-/m1/s1. The predicted molar refractivity (Wildman–Crippen MR) is 122 cm³/mol. The molecule has 174 valence electrons. The van der Waals surface area contributed by atoms with Crippen molar-refractivity contribution in [1.29, 1.82) is 0 Å². The van der Waals surface area contributed by atoms with Crippen molar-refractivity contribution < 1.29 is 23.4 Å². The fourth-order valence-corrected chi connectivity index (χ4v) is 5.00. The van der Waals surface area contributed by atoms with Crippen LogP contribution in [0.1, 0.15) is 18.1 Å². The minimum Gasteiger partial charge on any atom is -0.382 e. The van der Waals surface area contributed by atoms with Crippen molar-refractivity contribution in [3.63, 3.8) is 0 Å². The maximum absolute atomic E-state index is 14.7. The third kappa shape index (κ3) is 5.86. The van der Waals surface area contributed by atoms with Crippen molar-refractivity contribution in [1.82, 2.24) is 14.8 Å². The van der Waals surface area contributed by atoms with E-state index >= 15 is 0 Å². The molecule has 1 aliphatic heterocycles. The van der Waals surface area contributed by atoms with E-state index in [9.17, 15) is 13.9 Å². The molecule has 3 aromatic rings. The highest BCUT2D eigenvalue weighted by atomic mass is 32.2. The lowest BCUT2D eigenvalue weighted by Crippen LogP contribution is -2.43. The van der Waals surface area contributed by atoms with Gasteiger partial charge in [-0.3, -0.25) is 0 Å². The predicted octanol–water partition coefficient (Wildman–Crippen LogP) is 4.02. The molecule has 6 nitrogen and oxygen atoms in total. The molecule has 0 aliphatic carbocycles. The summed E-state index contributed by atoms with van der Waals surface area (Å²) in [5.74, 6) is -1.52. The second-order valence-corrected chi connectivity index (χ2v) is 9.49. The highest BCUT2D eigenvalue weighted by Gasteiger charge is 2.41. The average Bonchev–Trinajstić information content (AvgIpc) is 3.32. The molecule has 4 rings (SSSR count). The van der Waals surface area contributed by atoms with E-state index in [2.05, 4.69) is 10.1 Å². The highest BCUT2D eigenvalue weighted by Crippen LogP contribution is 2.38. The van der Waals surface area contributed by atoms with Crippen LogP contribution in [-0.4, -0.2) is 49.9 Å². The summed E-state index contributed by atoms with van der Waals surface area (Å²) in [4.78, 5) is 3.89. The maximum atomic E-state index is 14.7. The van der Waals surface area contributed by atoms with Crippen molar-refractivity contribution in [2.45, 2.75) is 35.9 Å². The normalized spacial score (nSPS) is 21.7. The van der Waals surface area contributed by atoms with E-state index < -0.39 is 28.8 Å². The van der Waals surface area contributed by atoms with Crippen molar-refractivity contribution in [3.8, 4) is 0 Å². The summed E-state index contributed by atoms with van der Waals surface area (Å²) in [6.07, 6.45) is 6.12. The SMILES string of the molecule is C[C@@H](SC1COC(/C=C/c2ccccc2)OC1)[C@](O)(Cn1cncn1)c1ccc(F)cc1F. The first-order valence-corrected chi connectivity index (χ1v) is 11.5. The molecule has 2 aromatic carbocycles. The molecule has 0 unspecified atom stereocenters. The molecule has 2 heterocycles. The second kappa shape index (κ2) is 10.6. The third-order valence-corrected chi connectivity index (χ3v) is 6.93. The Labute approximate surface area is 195 Å². The number of hydrogen-bond donors (Lipinski definition) is 1. The van der Waals surface area contributed by atoms with Gasteiger partial charge in [-0.25, -0.2) is 18.4 Å². The van der Waals surface area contributed by atoms with Gasteiger partial charge in [0.25, 0.3) is 0 Å². The van der Waals surface area contributed by atoms with Gasteiger partial charge in [0.15, 0.2) is 6.29 Å². The number of ether oxygens (including phenoxy) is 2. The van der Waals surface area contributed by atoms with Crippen molar-refractivity contribution in [2.75, 3.05) is 13.2 Å². The Morgan fingerprint density at radius 1 is 1.21 bits per heavy atom. The van der Waals surface area contributed by atoms with Gasteiger partial charge in [-0.05, 0) is 17.7 Å². The van der Waals surface area contributed by atoms with Crippen LogP contribution in [0.3, 0.4) is 0 Å². The Bertz CT molecular complexity index is 1060. The van der Waals surface area contributed by atoms with Crippen LogP contribution >= 0.6 is 11.8 Å². The van der Waals surface area contributed by atoms with Crippen LogP contribution < -0.4 is 0 Å². The van der Waals surface area contributed by atoms with Gasteiger partial charge in [0.05, 0.1) is 25.0 Å². The van der Waals surface area contributed by atoms with E-state index in [1.807, 2.05) is 42.5 Å². The van der Waals surface area contributed by atoms with Crippen LogP contribution in [0.5, 0.6) is 0 Å². The molecular weight excluding hydrogens is 448 g/mol. The van der Waals surface area contributed by atoms with Crippen LogP contribution in [0.4, 0.5) is 8.78 Å². The number of aliphatic hydroxyl groups is 1. The zero-order valence-electron chi connectivity index (χ0n) is 18.1. The number of halogens is 2. The van der Waals surface area contributed by atoms with Crippen LogP contribution in [0.15, 0.2) is 67.3 Å². The van der Waals surface area contributed by atoms with Gasteiger partial charge >= 0.3 is 0 Å². The highest BCUT2D eigenvalue weighted by molar-refractivity contribution is 8.00. The molecule has 0 spiro atoms. The van der Waals surface area contributed by atoms with Crippen LogP contribution in [0.25, 0.3) is 6.08 Å². The number of nitrogens with zero attached hydrogens (tertiary/aromatic N) is 3. The van der Waals surface area contributed by atoms with Crippen LogP contribution in [0, 0.1) is 11.6 Å². The Hall–Kier alpha value is -2.59. The summed E-state index contributed by atoms with van der Waals surface area (Å²) >= 11 is 1.43. The first-order valence-electron chi connectivity index (χ1n) is 10.6. The van der Waals surface area contributed by atoms with E-state index in [0.717, 1.165) is 17.7 Å². The van der Waals surface area contributed by atoms with E-state index in [4.69, 9.17) is 9.47 Å². The molecule has 1 aromatic heterocycles. The fourth-order valence-electron chi connectivity index (χ4n) is 3.68. The molecule has 2 atom stereocenters. The summed E-state index contributed by atoms with van der Waals surface area (Å²) in [5, 5.41) is 15.1. The minimum atomic E-state index is -1.67. The molecule has 1 aliphatic rings. The summed E-state index contributed by atoms with van der Waals surface area (Å²) < 4.78 is 41.2. The third-order valence-electron chi connectivity index (χ3n) is 5.47. The Kier molecular flexibility index (Phi) is 7.54. The van der Waals surface area contributed by atoms with E-state index in [1.165, 1.54) is 35.2 Å². The molecule has 1 N–H and O–H groups in total. The molecule has 0 radical (unpaired) electrons. The first kappa shape index (κ1) is 23.6. The lowest BCUT2D eigenvalue weighted by molar-refractivity contribution is -0.146. The van der Waals surface area contributed by atoms with Gasteiger partial charge in [-0.1, -0.05) is 49.4 Å². The summed E-state index contributed by atoms with van der Waals surface area (Å²) in [6.45, 7) is 2.57.